The summed E-state index contributed by atoms with van der Waals surface area (Å²) in [5.41, 5.74) is 4.59. The molecular formula is C23H16N4O4S. The first-order valence-corrected chi connectivity index (χ1v) is 10.7. The van der Waals surface area contributed by atoms with Gasteiger partial charge in [-0.15, -0.1) is 0 Å². The summed E-state index contributed by atoms with van der Waals surface area (Å²) in [6.07, 6.45) is 0. The van der Waals surface area contributed by atoms with Crippen LogP contribution in [-0.2, 0) is 0 Å². The molecule has 1 aliphatic rings. The molecule has 0 spiro atoms. The molecule has 9 heteroatoms. The monoisotopic (exact) mass is 444 g/mol. The number of aromatic nitrogens is 3. The summed E-state index contributed by atoms with van der Waals surface area (Å²) < 4.78 is 17.4. The first-order valence-electron chi connectivity index (χ1n) is 9.91. The van der Waals surface area contributed by atoms with Crippen molar-refractivity contribution < 1.29 is 18.8 Å². The van der Waals surface area contributed by atoms with Crippen molar-refractivity contribution in [2.45, 2.75) is 13.8 Å². The molecule has 2 aromatic carbocycles. The van der Waals surface area contributed by atoms with E-state index in [1.54, 1.807) is 13.0 Å². The number of hydrogen-bond donors (Lipinski definition) is 1. The Morgan fingerprint density at radius 3 is 2.81 bits per heavy atom. The number of aryl methyl sites for hydroxylation is 2. The second-order valence-corrected chi connectivity index (χ2v) is 8.57. The molecule has 8 nitrogen and oxygen atoms in total. The number of rotatable bonds is 3. The van der Waals surface area contributed by atoms with Crippen molar-refractivity contribution in [3.05, 3.63) is 59.3 Å². The van der Waals surface area contributed by atoms with Crippen LogP contribution < -0.4 is 14.8 Å². The highest BCUT2D eigenvalue weighted by Crippen LogP contribution is 2.38. The molecule has 0 bridgehead atoms. The van der Waals surface area contributed by atoms with Gasteiger partial charge in [0, 0.05) is 11.3 Å². The Hall–Kier alpha value is -3.98. The van der Waals surface area contributed by atoms with Crippen LogP contribution in [0.5, 0.6) is 11.5 Å². The molecule has 1 N–H and O–H groups in total. The third-order valence-electron chi connectivity index (χ3n) is 5.23. The van der Waals surface area contributed by atoms with Gasteiger partial charge in [0.1, 0.15) is 5.69 Å². The molecule has 0 saturated carbocycles. The largest absolute Gasteiger partial charge is 0.454 e. The molecule has 32 heavy (non-hydrogen) atoms. The lowest BCUT2D eigenvalue weighted by Gasteiger charge is -2.06. The Morgan fingerprint density at radius 2 is 1.91 bits per heavy atom. The van der Waals surface area contributed by atoms with Crippen molar-refractivity contribution >= 4 is 43.7 Å². The van der Waals surface area contributed by atoms with E-state index in [0.29, 0.717) is 44.7 Å². The quantitative estimate of drug-likeness (QED) is 0.413. The maximum atomic E-state index is 13.3. The standard InChI is InChI=1S/C23H16N4O4S/c1-11-3-5-15-18(7-11)32-23(25-15)26-21(28)14-8-12(2)24-22-19(14)20(27-31-22)13-4-6-16-17(9-13)30-10-29-16/h3-9H,10H2,1-2H3,(H,25,26,28). The number of benzene rings is 2. The van der Waals surface area contributed by atoms with Crippen molar-refractivity contribution in [3.8, 4) is 22.8 Å². The van der Waals surface area contributed by atoms with Crippen molar-refractivity contribution in [1.29, 1.82) is 0 Å². The van der Waals surface area contributed by atoms with E-state index in [1.165, 1.54) is 11.3 Å². The van der Waals surface area contributed by atoms with Gasteiger partial charge in [0.15, 0.2) is 16.6 Å². The van der Waals surface area contributed by atoms with Gasteiger partial charge in [0.05, 0.1) is 21.2 Å². The zero-order valence-corrected chi connectivity index (χ0v) is 17.9. The Kier molecular flexibility index (Phi) is 4.12. The Labute approximate surface area is 185 Å². The van der Waals surface area contributed by atoms with Crippen LogP contribution in [0.1, 0.15) is 21.6 Å². The molecule has 5 aromatic rings. The van der Waals surface area contributed by atoms with E-state index >= 15 is 0 Å². The van der Waals surface area contributed by atoms with E-state index in [1.807, 2.05) is 37.3 Å². The summed E-state index contributed by atoms with van der Waals surface area (Å²) >= 11 is 1.43. The normalized spacial score (nSPS) is 12.6. The van der Waals surface area contributed by atoms with Gasteiger partial charge >= 0.3 is 0 Å². The van der Waals surface area contributed by atoms with E-state index in [2.05, 4.69) is 26.5 Å². The molecule has 0 unspecified atom stereocenters. The number of ether oxygens (including phenoxy) is 2. The number of amides is 1. The molecule has 0 fully saturated rings. The number of carbonyl (C=O) groups is 1. The highest BCUT2D eigenvalue weighted by atomic mass is 32.1. The summed E-state index contributed by atoms with van der Waals surface area (Å²) in [4.78, 5) is 22.2. The number of nitrogens with one attached hydrogen (secondary N) is 1. The lowest BCUT2D eigenvalue weighted by molar-refractivity contribution is 0.102. The second-order valence-electron chi connectivity index (χ2n) is 7.53. The fourth-order valence-electron chi connectivity index (χ4n) is 3.74. The van der Waals surface area contributed by atoms with Crippen LogP contribution in [0, 0.1) is 13.8 Å². The van der Waals surface area contributed by atoms with Crippen molar-refractivity contribution in [3.63, 3.8) is 0 Å². The van der Waals surface area contributed by atoms with E-state index in [0.717, 1.165) is 21.3 Å². The molecule has 4 heterocycles. The molecule has 6 rings (SSSR count). The van der Waals surface area contributed by atoms with E-state index in [-0.39, 0.29) is 12.7 Å². The number of nitrogens with zero attached hydrogens (tertiary/aromatic N) is 3. The van der Waals surface area contributed by atoms with Gasteiger partial charge in [0.2, 0.25) is 6.79 Å². The van der Waals surface area contributed by atoms with Gasteiger partial charge in [-0.05, 0) is 55.8 Å². The Balaban J connectivity index is 1.43. The summed E-state index contributed by atoms with van der Waals surface area (Å²) in [5, 5.41) is 8.18. The van der Waals surface area contributed by atoms with Crippen LogP contribution in [0.25, 0.3) is 32.6 Å². The summed E-state index contributed by atoms with van der Waals surface area (Å²) in [5.74, 6) is 0.982. The Morgan fingerprint density at radius 1 is 1.03 bits per heavy atom. The van der Waals surface area contributed by atoms with E-state index in [4.69, 9.17) is 14.0 Å². The highest BCUT2D eigenvalue weighted by Gasteiger charge is 2.23. The average molecular weight is 444 g/mol. The van der Waals surface area contributed by atoms with Crippen LogP contribution in [0.3, 0.4) is 0 Å². The second kappa shape index (κ2) is 7.03. The predicted molar refractivity (Wildman–Crippen MR) is 120 cm³/mol. The maximum absolute atomic E-state index is 13.3. The fraction of sp³-hybridized carbons (Fsp3) is 0.130. The number of thiazole rings is 1. The van der Waals surface area contributed by atoms with Crippen LogP contribution in [-0.4, -0.2) is 27.8 Å². The lowest BCUT2D eigenvalue weighted by atomic mass is 10.0. The number of fused-ring (bicyclic) bond motifs is 3. The molecule has 0 radical (unpaired) electrons. The predicted octanol–water partition coefficient (Wildman–Crippen LogP) is 5.10. The van der Waals surface area contributed by atoms with Gasteiger partial charge in [-0.2, -0.15) is 0 Å². The Bertz CT molecular complexity index is 1540. The van der Waals surface area contributed by atoms with Crippen molar-refractivity contribution in [2.24, 2.45) is 0 Å². The topological polar surface area (TPSA) is 99.4 Å². The third kappa shape index (κ3) is 3.05. The van der Waals surface area contributed by atoms with Gasteiger partial charge in [0.25, 0.3) is 11.6 Å². The fourth-order valence-corrected chi connectivity index (χ4v) is 4.70. The minimum absolute atomic E-state index is 0.175. The van der Waals surface area contributed by atoms with Gasteiger partial charge in [-0.25, -0.2) is 9.97 Å². The van der Waals surface area contributed by atoms with Crippen molar-refractivity contribution in [2.75, 3.05) is 12.1 Å². The summed E-state index contributed by atoms with van der Waals surface area (Å²) in [6.45, 7) is 4.01. The molecular weight excluding hydrogens is 428 g/mol. The minimum atomic E-state index is -0.304. The zero-order valence-electron chi connectivity index (χ0n) is 17.1. The maximum Gasteiger partial charge on any atom is 0.259 e. The van der Waals surface area contributed by atoms with Crippen molar-refractivity contribution in [1.82, 2.24) is 15.1 Å². The van der Waals surface area contributed by atoms with Crippen LogP contribution in [0.2, 0.25) is 0 Å². The molecule has 3 aromatic heterocycles. The number of pyridine rings is 1. The molecule has 0 atom stereocenters. The zero-order chi connectivity index (χ0) is 21.8. The number of anilines is 1. The molecule has 0 saturated heterocycles. The lowest BCUT2D eigenvalue weighted by Crippen LogP contribution is -2.13. The number of carbonyl (C=O) groups excluding carboxylic acids is 1. The molecule has 158 valence electrons. The van der Waals surface area contributed by atoms with Gasteiger partial charge in [-0.3, -0.25) is 10.1 Å². The molecule has 1 aliphatic heterocycles. The smallest absolute Gasteiger partial charge is 0.259 e. The van der Waals surface area contributed by atoms with Crippen LogP contribution in [0.15, 0.2) is 47.0 Å². The first-order chi connectivity index (χ1) is 15.5. The first kappa shape index (κ1) is 18.8. The summed E-state index contributed by atoms with van der Waals surface area (Å²) in [7, 11) is 0. The van der Waals surface area contributed by atoms with Crippen LogP contribution >= 0.6 is 11.3 Å². The number of hydrogen-bond acceptors (Lipinski definition) is 8. The molecule has 1 amide bonds. The summed E-state index contributed by atoms with van der Waals surface area (Å²) in [6, 6.07) is 13.2. The van der Waals surface area contributed by atoms with E-state index < -0.39 is 0 Å². The third-order valence-corrected chi connectivity index (χ3v) is 6.16. The van der Waals surface area contributed by atoms with E-state index in [9.17, 15) is 4.79 Å². The van der Waals surface area contributed by atoms with Gasteiger partial charge < -0.3 is 14.0 Å². The van der Waals surface area contributed by atoms with Crippen LogP contribution in [0.4, 0.5) is 5.13 Å². The highest BCUT2D eigenvalue weighted by molar-refractivity contribution is 7.22. The SMILES string of the molecule is Cc1ccc2nc(NC(=O)c3cc(C)nc4onc(-c5ccc6c(c5)OCO6)c34)sc2c1. The average Bonchev–Trinajstić information content (AvgIpc) is 3.49. The minimum Gasteiger partial charge on any atom is -0.454 e. The molecule has 0 aliphatic carbocycles. The van der Waals surface area contributed by atoms with Gasteiger partial charge in [-0.1, -0.05) is 22.6 Å².